The molecule has 1 aliphatic heterocycles. The Morgan fingerprint density at radius 3 is 2.88 bits per heavy atom. The van der Waals surface area contributed by atoms with E-state index in [2.05, 4.69) is 30.3 Å². The van der Waals surface area contributed by atoms with E-state index in [1.807, 2.05) is 11.8 Å². The average Bonchev–Trinajstić information content (AvgIpc) is 2.41. The van der Waals surface area contributed by atoms with Crippen molar-refractivity contribution in [2.24, 2.45) is 5.73 Å². The largest absolute Gasteiger partial charge is 0.375 e. The molecule has 1 aliphatic rings. The van der Waals surface area contributed by atoms with E-state index in [0.29, 0.717) is 0 Å². The minimum absolute atomic E-state index is 0.200. The van der Waals surface area contributed by atoms with E-state index in [1.165, 1.54) is 5.56 Å². The number of aryl methyl sites for hydroxylation is 1. The second-order valence-electron chi connectivity index (χ2n) is 4.53. The molecule has 0 aromatic heterocycles. The number of ether oxygens (including phenoxy) is 1. The number of benzene rings is 1. The van der Waals surface area contributed by atoms with Crippen LogP contribution in [-0.2, 0) is 11.2 Å². The third-order valence-corrected chi connectivity index (χ3v) is 4.18. The van der Waals surface area contributed by atoms with Crippen LogP contribution in [0.15, 0.2) is 30.3 Å². The van der Waals surface area contributed by atoms with Gasteiger partial charge in [-0.1, -0.05) is 30.3 Å². The van der Waals surface area contributed by atoms with E-state index >= 15 is 0 Å². The van der Waals surface area contributed by atoms with Crippen LogP contribution in [0.25, 0.3) is 0 Å². The number of hydrogen-bond acceptors (Lipinski definition) is 3. The third kappa shape index (κ3) is 4.34. The molecule has 17 heavy (non-hydrogen) atoms. The molecule has 0 aliphatic carbocycles. The quantitative estimate of drug-likeness (QED) is 0.873. The predicted molar refractivity (Wildman–Crippen MR) is 74.4 cm³/mol. The SMILES string of the molecule is NC(CCCc1ccccc1)C1CSCCO1. The lowest BCUT2D eigenvalue weighted by molar-refractivity contribution is 0.0546. The summed E-state index contributed by atoms with van der Waals surface area (Å²) in [7, 11) is 0. The van der Waals surface area contributed by atoms with Crippen molar-refractivity contribution in [2.45, 2.75) is 31.4 Å². The highest BCUT2D eigenvalue weighted by Crippen LogP contribution is 2.17. The highest BCUT2D eigenvalue weighted by atomic mass is 32.2. The van der Waals surface area contributed by atoms with Gasteiger partial charge in [0.1, 0.15) is 0 Å². The first-order valence-corrected chi connectivity index (χ1v) is 7.50. The summed E-state index contributed by atoms with van der Waals surface area (Å²) in [6, 6.07) is 10.8. The summed E-state index contributed by atoms with van der Waals surface area (Å²) in [4.78, 5) is 0. The van der Waals surface area contributed by atoms with Crippen molar-refractivity contribution >= 4 is 11.8 Å². The summed E-state index contributed by atoms with van der Waals surface area (Å²) < 4.78 is 5.70. The van der Waals surface area contributed by atoms with Gasteiger partial charge in [0.2, 0.25) is 0 Å². The van der Waals surface area contributed by atoms with Gasteiger partial charge < -0.3 is 10.5 Å². The van der Waals surface area contributed by atoms with Gasteiger partial charge in [-0.15, -0.1) is 0 Å². The number of rotatable bonds is 5. The van der Waals surface area contributed by atoms with Crippen molar-refractivity contribution in [2.75, 3.05) is 18.1 Å². The average molecular weight is 251 g/mol. The molecule has 2 atom stereocenters. The zero-order chi connectivity index (χ0) is 11.9. The fraction of sp³-hybridized carbons (Fsp3) is 0.571. The monoisotopic (exact) mass is 251 g/mol. The van der Waals surface area contributed by atoms with Crippen molar-refractivity contribution in [1.29, 1.82) is 0 Å². The first kappa shape index (κ1) is 12.9. The van der Waals surface area contributed by atoms with E-state index in [1.54, 1.807) is 0 Å². The fourth-order valence-electron chi connectivity index (χ4n) is 2.13. The van der Waals surface area contributed by atoms with Crippen LogP contribution >= 0.6 is 11.8 Å². The summed E-state index contributed by atoms with van der Waals surface area (Å²) in [5.41, 5.74) is 7.58. The van der Waals surface area contributed by atoms with Crippen LogP contribution in [-0.4, -0.2) is 30.3 Å². The Morgan fingerprint density at radius 1 is 1.35 bits per heavy atom. The molecular formula is C14H21NOS. The molecule has 2 unspecified atom stereocenters. The van der Waals surface area contributed by atoms with Crippen LogP contribution in [0.4, 0.5) is 0 Å². The first-order valence-electron chi connectivity index (χ1n) is 6.35. The van der Waals surface area contributed by atoms with E-state index in [0.717, 1.165) is 37.4 Å². The smallest absolute Gasteiger partial charge is 0.0816 e. The van der Waals surface area contributed by atoms with Crippen molar-refractivity contribution in [3.8, 4) is 0 Å². The topological polar surface area (TPSA) is 35.2 Å². The van der Waals surface area contributed by atoms with Crippen molar-refractivity contribution < 1.29 is 4.74 Å². The molecule has 0 radical (unpaired) electrons. The molecule has 0 spiro atoms. The van der Waals surface area contributed by atoms with Crippen molar-refractivity contribution in [3.05, 3.63) is 35.9 Å². The summed E-state index contributed by atoms with van der Waals surface area (Å²) in [6.45, 7) is 0.863. The number of hydrogen-bond donors (Lipinski definition) is 1. The highest BCUT2D eigenvalue weighted by Gasteiger charge is 2.20. The standard InChI is InChI=1S/C14H21NOS/c15-13(14-11-17-10-9-16-14)8-4-7-12-5-2-1-3-6-12/h1-3,5-6,13-14H,4,7-11,15H2. The van der Waals surface area contributed by atoms with Gasteiger partial charge in [-0.25, -0.2) is 0 Å². The molecular weight excluding hydrogens is 230 g/mol. The van der Waals surface area contributed by atoms with Gasteiger partial charge in [-0.3, -0.25) is 0 Å². The molecule has 0 bridgehead atoms. The minimum atomic E-state index is 0.200. The van der Waals surface area contributed by atoms with Gasteiger partial charge in [0.25, 0.3) is 0 Å². The van der Waals surface area contributed by atoms with Crippen LogP contribution < -0.4 is 5.73 Å². The zero-order valence-corrected chi connectivity index (χ0v) is 11.0. The fourth-order valence-corrected chi connectivity index (χ4v) is 3.08. The zero-order valence-electron chi connectivity index (χ0n) is 10.2. The lowest BCUT2D eigenvalue weighted by Gasteiger charge is -2.27. The Balaban J connectivity index is 1.67. The Bertz CT molecular complexity index is 311. The van der Waals surface area contributed by atoms with E-state index in [9.17, 15) is 0 Å². The van der Waals surface area contributed by atoms with Gasteiger partial charge in [0, 0.05) is 17.5 Å². The second-order valence-corrected chi connectivity index (χ2v) is 5.68. The van der Waals surface area contributed by atoms with Crippen LogP contribution in [0.1, 0.15) is 18.4 Å². The van der Waals surface area contributed by atoms with E-state index < -0.39 is 0 Å². The normalized spacial score (nSPS) is 22.3. The molecule has 1 heterocycles. The van der Waals surface area contributed by atoms with Crippen LogP contribution in [0, 0.1) is 0 Å². The van der Waals surface area contributed by atoms with Crippen molar-refractivity contribution in [3.63, 3.8) is 0 Å². The minimum Gasteiger partial charge on any atom is -0.375 e. The summed E-state index contributed by atoms with van der Waals surface area (Å²) >= 11 is 1.96. The Morgan fingerprint density at radius 2 is 2.18 bits per heavy atom. The van der Waals surface area contributed by atoms with Gasteiger partial charge in [-0.05, 0) is 24.8 Å². The Hall–Kier alpha value is -0.510. The van der Waals surface area contributed by atoms with Gasteiger partial charge in [0.05, 0.1) is 12.7 Å². The van der Waals surface area contributed by atoms with Gasteiger partial charge in [-0.2, -0.15) is 11.8 Å². The molecule has 1 saturated heterocycles. The highest BCUT2D eigenvalue weighted by molar-refractivity contribution is 7.99. The maximum atomic E-state index is 6.17. The summed E-state index contributed by atoms with van der Waals surface area (Å²) in [5, 5.41) is 0. The Kier molecular flexibility index (Phi) is 5.36. The molecule has 0 amide bonds. The van der Waals surface area contributed by atoms with Crippen LogP contribution in [0.3, 0.4) is 0 Å². The summed E-state index contributed by atoms with van der Waals surface area (Å²) in [6.07, 6.45) is 3.59. The molecule has 3 heteroatoms. The lowest BCUT2D eigenvalue weighted by Crippen LogP contribution is -2.41. The Labute approximate surface area is 108 Å². The maximum absolute atomic E-state index is 6.17. The molecule has 2 N–H and O–H groups in total. The molecule has 1 fully saturated rings. The van der Waals surface area contributed by atoms with E-state index in [-0.39, 0.29) is 12.1 Å². The van der Waals surface area contributed by atoms with Gasteiger partial charge in [0.15, 0.2) is 0 Å². The molecule has 1 aromatic carbocycles. The first-order chi connectivity index (χ1) is 8.36. The molecule has 2 rings (SSSR count). The second kappa shape index (κ2) is 7.04. The summed E-state index contributed by atoms with van der Waals surface area (Å²) in [5.74, 6) is 2.18. The maximum Gasteiger partial charge on any atom is 0.0816 e. The van der Waals surface area contributed by atoms with Crippen LogP contribution in [0.5, 0.6) is 0 Å². The number of nitrogens with two attached hydrogens (primary N) is 1. The molecule has 2 nitrogen and oxygen atoms in total. The molecule has 94 valence electrons. The van der Waals surface area contributed by atoms with Crippen LogP contribution in [0.2, 0.25) is 0 Å². The van der Waals surface area contributed by atoms with Gasteiger partial charge >= 0.3 is 0 Å². The van der Waals surface area contributed by atoms with Crippen molar-refractivity contribution in [1.82, 2.24) is 0 Å². The third-order valence-electron chi connectivity index (χ3n) is 3.16. The van der Waals surface area contributed by atoms with E-state index in [4.69, 9.17) is 10.5 Å². The molecule has 0 saturated carbocycles. The number of thioether (sulfide) groups is 1. The predicted octanol–water partition coefficient (Wildman–Crippen LogP) is 2.47. The lowest BCUT2D eigenvalue weighted by atomic mass is 10.0. The molecule has 1 aromatic rings.